The molecule has 0 bridgehead atoms. The van der Waals surface area contributed by atoms with Gasteiger partial charge in [0, 0.05) is 11.1 Å². The summed E-state index contributed by atoms with van der Waals surface area (Å²) in [5.74, 6) is 3.32. The van der Waals surface area contributed by atoms with Crippen molar-refractivity contribution < 1.29 is 9.05 Å². The van der Waals surface area contributed by atoms with Gasteiger partial charge in [-0.3, -0.25) is 0 Å². The minimum atomic E-state index is 0.531. The van der Waals surface area contributed by atoms with Gasteiger partial charge in [0.1, 0.15) is 0 Å². The zero-order chi connectivity index (χ0) is 20.9. The molecule has 5 rings (SSSR count). The molecule has 154 valence electrons. The predicted molar refractivity (Wildman–Crippen MR) is 118 cm³/mol. The van der Waals surface area contributed by atoms with E-state index in [9.17, 15) is 0 Å². The van der Waals surface area contributed by atoms with Gasteiger partial charge in [-0.15, -0.1) is 10.2 Å². The first-order valence-electron chi connectivity index (χ1n) is 9.18. The molecule has 0 aliphatic rings. The number of thioether (sulfide) groups is 2. The van der Waals surface area contributed by atoms with Gasteiger partial charge >= 0.3 is 0 Å². The average molecular weight is 467 g/mol. The first-order valence-corrected chi connectivity index (χ1v) is 12.0. The first-order chi connectivity index (χ1) is 15.3. The van der Waals surface area contributed by atoms with Crippen molar-refractivity contribution >= 4 is 34.9 Å². The first kappa shape index (κ1) is 19.9. The molecule has 11 heteroatoms. The second kappa shape index (κ2) is 9.41. The fourth-order valence-electron chi connectivity index (χ4n) is 2.60. The lowest BCUT2D eigenvalue weighted by molar-refractivity contribution is 0.391. The standard InChI is InChI=1S/C20H14N6O2S3/c1-3-7-13(8-4-1)17-21-15(27-25-17)11-29-19-23-24-20(31-19)30-12-16-22-18(26-28-16)14-9-5-2-6-10-14/h1-10H,11-12H2. The van der Waals surface area contributed by atoms with Gasteiger partial charge in [-0.1, -0.05) is 106 Å². The molecular formula is C20H14N6O2S3. The molecule has 0 saturated heterocycles. The summed E-state index contributed by atoms with van der Waals surface area (Å²) in [5.41, 5.74) is 1.85. The minimum Gasteiger partial charge on any atom is -0.338 e. The van der Waals surface area contributed by atoms with Gasteiger partial charge in [0.25, 0.3) is 0 Å². The summed E-state index contributed by atoms with van der Waals surface area (Å²) < 4.78 is 12.3. The van der Waals surface area contributed by atoms with Crippen LogP contribution in [0.15, 0.2) is 78.4 Å². The van der Waals surface area contributed by atoms with Crippen LogP contribution in [0.5, 0.6) is 0 Å². The Kier molecular flexibility index (Phi) is 6.05. The van der Waals surface area contributed by atoms with E-state index in [1.165, 1.54) is 34.9 Å². The molecule has 0 saturated carbocycles. The largest absolute Gasteiger partial charge is 0.338 e. The molecule has 0 unspecified atom stereocenters. The smallest absolute Gasteiger partial charge is 0.237 e. The summed E-state index contributed by atoms with van der Waals surface area (Å²) in [5, 5.41) is 16.5. The molecule has 8 nitrogen and oxygen atoms in total. The molecule has 3 heterocycles. The fraction of sp³-hybridized carbons (Fsp3) is 0.100. The maximum absolute atomic E-state index is 5.33. The molecule has 31 heavy (non-hydrogen) atoms. The number of benzene rings is 2. The quantitative estimate of drug-likeness (QED) is 0.283. The van der Waals surface area contributed by atoms with Crippen molar-refractivity contribution in [3.63, 3.8) is 0 Å². The summed E-state index contributed by atoms with van der Waals surface area (Å²) >= 11 is 4.52. The zero-order valence-electron chi connectivity index (χ0n) is 15.9. The Bertz CT molecular complexity index is 1160. The molecule has 0 atom stereocenters. The van der Waals surface area contributed by atoms with Crippen LogP contribution >= 0.6 is 34.9 Å². The summed E-state index contributed by atoms with van der Waals surface area (Å²) in [4.78, 5) is 8.86. The van der Waals surface area contributed by atoms with Crippen molar-refractivity contribution in [1.29, 1.82) is 0 Å². The van der Waals surface area contributed by atoms with Gasteiger partial charge in [-0.25, -0.2) is 0 Å². The van der Waals surface area contributed by atoms with E-state index in [-0.39, 0.29) is 0 Å². The van der Waals surface area contributed by atoms with E-state index in [1.54, 1.807) is 0 Å². The highest BCUT2D eigenvalue weighted by Gasteiger charge is 2.13. The number of nitrogens with zero attached hydrogens (tertiary/aromatic N) is 6. The fourth-order valence-corrected chi connectivity index (χ4v) is 5.29. The molecule has 5 aromatic rings. The van der Waals surface area contributed by atoms with Gasteiger partial charge in [0.05, 0.1) is 11.5 Å². The molecule has 3 aromatic heterocycles. The summed E-state index contributed by atoms with van der Waals surface area (Å²) in [7, 11) is 0. The summed E-state index contributed by atoms with van der Waals surface area (Å²) in [6, 6.07) is 19.5. The highest BCUT2D eigenvalue weighted by Crippen LogP contribution is 2.32. The van der Waals surface area contributed by atoms with E-state index in [0.29, 0.717) is 34.9 Å². The Hall–Kier alpha value is -3.02. The van der Waals surface area contributed by atoms with Crippen LogP contribution in [0, 0.1) is 0 Å². The van der Waals surface area contributed by atoms with Crippen LogP contribution < -0.4 is 0 Å². The third-order valence-electron chi connectivity index (χ3n) is 4.03. The van der Waals surface area contributed by atoms with Crippen molar-refractivity contribution in [2.45, 2.75) is 20.2 Å². The van der Waals surface area contributed by atoms with Gasteiger partial charge in [-0.2, -0.15) is 9.97 Å². The second-order valence-corrected chi connectivity index (χ2v) is 9.59. The van der Waals surface area contributed by atoms with E-state index < -0.39 is 0 Å². The Labute approximate surface area is 189 Å². The average Bonchev–Trinajstić information content (AvgIpc) is 3.58. The number of rotatable bonds is 8. The highest BCUT2D eigenvalue weighted by atomic mass is 32.2. The summed E-state index contributed by atoms with van der Waals surface area (Å²) in [6.45, 7) is 0. The SMILES string of the molecule is c1ccc(-c2noc(CSc3nnc(SCc4nc(-c5ccccc5)no4)s3)n2)cc1. The van der Waals surface area contributed by atoms with Crippen LogP contribution in [0.1, 0.15) is 11.8 Å². The molecule has 0 N–H and O–H groups in total. The van der Waals surface area contributed by atoms with E-state index in [0.717, 1.165) is 19.8 Å². The predicted octanol–water partition coefficient (Wildman–Crippen LogP) is 5.22. The Morgan fingerprint density at radius 1 is 0.645 bits per heavy atom. The number of hydrogen-bond acceptors (Lipinski definition) is 11. The lowest BCUT2D eigenvalue weighted by Gasteiger charge is -1.92. The lowest BCUT2D eigenvalue weighted by atomic mass is 10.2. The molecule has 0 fully saturated rings. The number of hydrogen-bond donors (Lipinski definition) is 0. The second-order valence-electron chi connectivity index (χ2n) is 6.17. The minimum absolute atomic E-state index is 0.531. The highest BCUT2D eigenvalue weighted by molar-refractivity contribution is 8.02. The third-order valence-corrected chi connectivity index (χ3v) is 7.19. The van der Waals surface area contributed by atoms with Crippen LogP contribution in [0.3, 0.4) is 0 Å². The van der Waals surface area contributed by atoms with Gasteiger partial charge < -0.3 is 9.05 Å². The maximum atomic E-state index is 5.33. The molecule has 0 aliphatic heterocycles. The van der Waals surface area contributed by atoms with E-state index in [4.69, 9.17) is 9.05 Å². The van der Waals surface area contributed by atoms with Crippen molar-refractivity contribution in [1.82, 2.24) is 30.5 Å². The van der Waals surface area contributed by atoms with Crippen LogP contribution in [0.4, 0.5) is 0 Å². The number of aromatic nitrogens is 6. The molecule has 0 radical (unpaired) electrons. The monoisotopic (exact) mass is 466 g/mol. The molecule has 2 aromatic carbocycles. The van der Waals surface area contributed by atoms with Gasteiger partial charge in [0.15, 0.2) is 8.68 Å². The van der Waals surface area contributed by atoms with Crippen molar-refractivity contribution in [2.24, 2.45) is 0 Å². The van der Waals surface area contributed by atoms with Crippen LogP contribution in [-0.4, -0.2) is 30.5 Å². The van der Waals surface area contributed by atoms with Gasteiger partial charge in [0.2, 0.25) is 23.4 Å². The summed E-state index contributed by atoms with van der Waals surface area (Å²) in [6.07, 6.45) is 0. The lowest BCUT2D eigenvalue weighted by Crippen LogP contribution is -1.82. The van der Waals surface area contributed by atoms with Crippen LogP contribution in [-0.2, 0) is 11.5 Å². The normalized spacial score (nSPS) is 11.1. The molecule has 0 spiro atoms. The van der Waals surface area contributed by atoms with Gasteiger partial charge in [-0.05, 0) is 0 Å². The zero-order valence-corrected chi connectivity index (χ0v) is 18.4. The molecule has 0 amide bonds. The maximum Gasteiger partial charge on any atom is 0.237 e. The van der Waals surface area contributed by atoms with Crippen molar-refractivity contribution in [3.8, 4) is 22.8 Å². The van der Waals surface area contributed by atoms with E-state index >= 15 is 0 Å². The molecule has 0 aliphatic carbocycles. The van der Waals surface area contributed by atoms with E-state index in [1.807, 2.05) is 60.7 Å². The molecular weight excluding hydrogens is 452 g/mol. The Morgan fingerprint density at radius 2 is 1.10 bits per heavy atom. The Morgan fingerprint density at radius 3 is 1.55 bits per heavy atom. The van der Waals surface area contributed by atoms with Crippen LogP contribution in [0.2, 0.25) is 0 Å². The third kappa shape index (κ3) is 5.01. The Balaban J connectivity index is 1.14. The van der Waals surface area contributed by atoms with Crippen molar-refractivity contribution in [3.05, 3.63) is 72.4 Å². The topological polar surface area (TPSA) is 104 Å². The van der Waals surface area contributed by atoms with Crippen molar-refractivity contribution in [2.75, 3.05) is 0 Å². The van der Waals surface area contributed by atoms with E-state index in [2.05, 4.69) is 30.5 Å². The van der Waals surface area contributed by atoms with Crippen LogP contribution in [0.25, 0.3) is 22.8 Å².